The molecule has 0 aromatic rings. The van der Waals surface area contributed by atoms with Crippen LogP contribution in [0, 0.1) is 0 Å². The van der Waals surface area contributed by atoms with Crippen LogP contribution in [0.2, 0.25) is 0 Å². The fraction of sp³-hybridized carbons (Fsp3) is 0. The molecule has 5 N–H and O–H groups in total. The van der Waals surface area contributed by atoms with E-state index in [1.54, 1.807) is 0 Å². The van der Waals surface area contributed by atoms with E-state index in [0.29, 0.717) is 0 Å². The van der Waals surface area contributed by atoms with Gasteiger partial charge in [-0.1, -0.05) is 0 Å². The van der Waals surface area contributed by atoms with Crippen LogP contribution < -0.4 is 0 Å². The smallest absolute Gasteiger partial charge is 0.302 e. The minimum absolute atomic E-state index is 0. The Hall–Kier alpha value is 0.475. The summed E-state index contributed by atoms with van der Waals surface area (Å²) >= 11 is 0. The SMILES string of the molecule is B.O=P(O)(O)OP(=O)(O)OP(=O)(O)O. The van der Waals surface area contributed by atoms with Gasteiger partial charge in [-0.2, -0.15) is 8.62 Å². The molecule has 0 aromatic carbocycles. The molecule has 0 spiro atoms. The predicted molar refractivity (Wildman–Crippen MR) is 46.0 cm³/mol. The van der Waals surface area contributed by atoms with E-state index in [1.165, 1.54) is 0 Å². The zero-order chi connectivity index (χ0) is 10.9. The molecule has 0 radical (unpaired) electrons. The molecule has 0 bridgehead atoms. The molecule has 0 aliphatic carbocycles. The van der Waals surface area contributed by atoms with Crippen molar-refractivity contribution in [3.8, 4) is 0 Å². The molecule has 86 valence electrons. The van der Waals surface area contributed by atoms with Crippen LogP contribution in [-0.4, -0.2) is 32.9 Å². The maximum atomic E-state index is 10.4. The van der Waals surface area contributed by atoms with Crippen molar-refractivity contribution in [2.75, 3.05) is 0 Å². The van der Waals surface area contributed by atoms with Crippen LogP contribution in [0.5, 0.6) is 0 Å². The van der Waals surface area contributed by atoms with Crippen molar-refractivity contribution in [2.24, 2.45) is 0 Å². The Morgan fingerprint density at radius 2 is 0.929 bits per heavy atom. The van der Waals surface area contributed by atoms with E-state index in [-0.39, 0.29) is 8.41 Å². The Labute approximate surface area is 79.5 Å². The lowest BCUT2D eigenvalue weighted by Crippen LogP contribution is -1.91. The lowest BCUT2D eigenvalue weighted by Gasteiger charge is -2.11. The van der Waals surface area contributed by atoms with Crippen molar-refractivity contribution in [3.05, 3.63) is 0 Å². The molecule has 0 aliphatic rings. The fourth-order valence-corrected chi connectivity index (χ4v) is 2.82. The molecule has 0 aromatic heterocycles. The number of hydrogen-bond acceptors (Lipinski definition) is 5. The van der Waals surface area contributed by atoms with Crippen molar-refractivity contribution in [3.63, 3.8) is 0 Å². The van der Waals surface area contributed by atoms with Crippen molar-refractivity contribution >= 4 is 31.9 Å². The fourth-order valence-electron chi connectivity index (χ4n) is 0.284. The molecule has 0 saturated carbocycles. The topological polar surface area (TPSA) is 171 Å². The molecular formula is H8BO10P3. The van der Waals surface area contributed by atoms with Crippen LogP contribution in [0.15, 0.2) is 0 Å². The van der Waals surface area contributed by atoms with Crippen LogP contribution >= 0.6 is 23.5 Å². The quantitative estimate of drug-likeness (QED) is 0.288. The number of phosphoric acid groups is 3. The van der Waals surface area contributed by atoms with Crippen LogP contribution in [0.4, 0.5) is 0 Å². The highest BCUT2D eigenvalue weighted by molar-refractivity contribution is 7.66. The highest BCUT2D eigenvalue weighted by atomic mass is 31.3. The van der Waals surface area contributed by atoms with Crippen LogP contribution in [0.1, 0.15) is 0 Å². The maximum absolute atomic E-state index is 10.4. The Kier molecular flexibility index (Phi) is 6.03. The largest absolute Gasteiger partial charge is 0.490 e. The summed E-state index contributed by atoms with van der Waals surface area (Å²) in [6.07, 6.45) is 0. The Balaban J connectivity index is 0. The molecule has 14 heavy (non-hydrogen) atoms. The Morgan fingerprint density at radius 3 is 1.07 bits per heavy atom. The van der Waals surface area contributed by atoms with E-state index < -0.39 is 23.5 Å². The standard InChI is InChI=1S/BH3.H5O10P3/c;1-11(2,3)9-13(7,8)10-12(4,5)6/h1H3;(H,7,8)(H2,1,2,3)(H2,4,5,6). The predicted octanol–water partition coefficient (Wildman–Crippen LogP) is -1.88. The molecule has 10 nitrogen and oxygen atoms in total. The summed E-state index contributed by atoms with van der Waals surface area (Å²) in [4.78, 5) is 40.2. The Morgan fingerprint density at radius 1 is 0.714 bits per heavy atom. The summed E-state index contributed by atoms with van der Waals surface area (Å²) in [6, 6.07) is 0. The average molecular weight is 272 g/mol. The molecular weight excluding hydrogens is 264 g/mol. The van der Waals surface area contributed by atoms with Gasteiger partial charge in [0.15, 0.2) is 0 Å². The maximum Gasteiger partial charge on any atom is 0.490 e. The van der Waals surface area contributed by atoms with Gasteiger partial charge in [-0.05, 0) is 0 Å². The van der Waals surface area contributed by atoms with Gasteiger partial charge >= 0.3 is 23.5 Å². The van der Waals surface area contributed by atoms with E-state index in [4.69, 9.17) is 24.5 Å². The molecule has 0 saturated heterocycles. The normalized spacial score (nSPS) is 13.5. The summed E-state index contributed by atoms with van der Waals surface area (Å²) in [6.45, 7) is 0. The third-order valence-electron chi connectivity index (χ3n) is 0.419. The zero-order valence-electron chi connectivity index (χ0n) is 5.62. The lowest BCUT2D eigenvalue weighted by atomic mass is 10.8. The van der Waals surface area contributed by atoms with Crippen LogP contribution in [-0.2, 0) is 22.3 Å². The van der Waals surface area contributed by atoms with Gasteiger partial charge in [0.25, 0.3) is 0 Å². The Bertz CT molecular complexity index is 277. The first kappa shape index (κ1) is 16.9. The van der Waals surface area contributed by atoms with Gasteiger partial charge < -0.3 is 24.5 Å². The monoisotopic (exact) mass is 272 g/mol. The van der Waals surface area contributed by atoms with Gasteiger partial charge in [0.05, 0.1) is 8.41 Å². The second kappa shape index (κ2) is 5.00. The van der Waals surface area contributed by atoms with E-state index in [9.17, 15) is 13.7 Å². The number of rotatable bonds is 4. The van der Waals surface area contributed by atoms with E-state index in [1.807, 2.05) is 0 Å². The first-order valence-corrected chi connectivity index (χ1v) is 6.83. The van der Waals surface area contributed by atoms with Crippen LogP contribution in [0.25, 0.3) is 0 Å². The summed E-state index contributed by atoms with van der Waals surface area (Å²) in [5, 5.41) is 0. The minimum atomic E-state index is -5.46. The minimum Gasteiger partial charge on any atom is -0.302 e. The second-order valence-electron chi connectivity index (χ2n) is 1.61. The molecule has 0 atom stereocenters. The van der Waals surface area contributed by atoms with E-state index in [2.05, 4.69) is 8.62 Å². The van der Waals surface area contributed by atoms with Gasteiger partial charge in [0.2, 0.25) is 0 Å². The molecule has 0 heterocycles. The van der Waals surface area contributed by atoms with E-state index >= 15 is 0 Å². The zero-order valence-corrected chi connectivity index (χ0v) is 8.30. The summed E-state index contributed by atoms with van der Waals surface area (Å²) in [5.74, 6) is 0. The third kappa shape index (κ3) is 10.6. The van der Waals surface area contributed by atoms with Crippen LogP contribution in [0.3, 0.4) is 0 Å². The second-order valence-corrected chi connectivity index (χ2v) is 5.82. The molecule has 0 fully saturated rings. The van der Waals surface area contributed by atoms with Gasteiger partial charge in [-0.15, -0.1) is 0 Å². The van der Waals surface area contributed by atoms with Gasteiger partial charge in [-0.3, -0.25) is 0 Å². The van der Waals surface area contributed by atoms with Gasteiger partial charge in [0.1, 0.15) is 0 Å². The van der Waals surface area contributed by atoms with Crippen molar-refractivity contribution in [1.82, 2.24) is 0 Å². The molecule has 0 amide bonds. The molecule has 0 unspecified atom stereocenters. The highest BCUT2D eigenvalue weighted by Gasteiger charge is 2.38. The third-order valence-corrected chi connectivity index (χ3v) is 3.77. The summed E-state index contributed by atoms with van der Waals surface area (Å²) < 4.78 is 36.4. The average Bonchev–Trinajstić information content (AvgIpc) is 1.43. The van der Waals surface area contributed by atoms with E-state index in [0.717, 1.165) is 0 Å². The highest BCUT2D eigenvalue weighted by Crippen LogP contribution is 2.64. The van der Waals surface area contributed by atoms with Gasteiger partial charge in [-0.25, -0.2) is 13.7 Å². The first-order valence-electron chi connectivity index (χ1n) is 2.28. The molecule has 0 rings (SSSR count). The molecule has 14 heteroatoms. The summed E-state index contributed by atoms with van der Waals surface area (Å²) in [5.41, 5.74) is 0. The summed E-state index contributed by atoms with van der Waals surface area (Å²) in [7, 11) is -16.2. The van der Waals surface area contributed by atoms with Gasteiger partial charge in [0, 0.05) is 0 Å². The molecule has 0 aliphatic heterocycles. The first-order chi connectivity index (χ1) is 5.41. The van der Waals surface area contributed by atoms with Crippen molar-refractivity contribution in [1.29, 1.82) is 0 Å². The number of hydrogen-bond donors (Lipinski definition) is 5. The van der Waals surface area contributed by atoms with Crippen molar-refractivity contribution < 1.29 is 46.8 Å². The van der Waals surface area contributed by atoms with Crippen molar-refractivity contribution in [2.45, 2.75) is 0 Å². The lowest BCUT2D eigenvalue weighted by molar-refractivity contribution is 0.204.